The van der Waals surface area contributed by atoms with Gasteiger partial charge < -0.3 is 15.5 Å². The predicted octanol–water partition coefficient (Wildman–Crippen LogP) is 1.12. The molecule has 0 aliphatic carbocycles. The average Bonchev–Trinajstić information content (AvgIpc) is 3.42. The van der Waals surface area contributed by atoms with Gasteiger partial charge in [0.15, 0.2) is 0 Å². The van der Waals surface area contributed by atoms with Gasteiger partial charge in [0.05, 0.1) is 11.6 Å². The number of aromatic nitrogens is 2. The molecule has 11 heteroatoms. The van der Waals surface area contributed by atoms with Gasteiger partial charge in [-0.15, -0.1) is 0 Å². The Labute approximate surface area is 231 Å². The number of carbonyl (C=O) groups is 3. The minimum atomic E-state index is -0.767. The first-order chi connectivity index (χ1) is 19.4. The third-order valence-corrected chi connectivity index (χ3v) is 8.36. The molecule has 208 valence electrons. The second-order valence-electron chi connectivity index (χ2n) is 10.9. The van der Waals surface area contributed by atoms with Crippen LogP contribution in [0.3, 0.4) is 0 Å². The molecule has 3 amide bonds. The lowest BCUT2D eigenvalue weighted by Gasteiger charge is -2.37. The van der Waals surface area contributed by atoms with Crippen LogP contribution < -0.4 is 26.4 Å². The molecule has 1 unspecified atom stereocenters. The second-order valence-corrected chi connectivity index (χ2v) is 10.9. The number of piperidine rings is 1. The number of piperazine rings is 1. The van der Waals surface area contributed by atoms with Crippen molar-refractivity contribution in [1.29, 1.82) is 0 Å². The van der Waals surface area contributed by atoms with Crippen LogP contribution in [-0.2, 0) is 9.59 Å². The highest BCUT2D eigenvalue weighted by molar-refractivity contribution is 5.99. The van der Waals surface area contributed by atoms with E-state index < -0.39 is 17.9 Å². The molecule has 2 atom stereocenters. The molecule has 3 aromatic rings. The summed E-state index contributed by atoms with van der Waals surface area (Å²) in [6, 6.07) is 12.5. The lowest BCUT2D eigenvalue weighted by molar-refractivity contribution is -0.136. The lowest BCUT2D eigenvalue weighted by Crippen LogP contribution is -2.48. The maximum Gasteiger partial charge on any atom is 0.275 e. The monoisotopic (exact) mass is 543 g/mol. The third kappa shape index (κ3) is 5.16. The highest BCUT2D eigenvalue weighted by Crippen LogP contribution is 2.26. The highest BCUT2D eigenvalue weighted by atomic mass is 16.2. The molecule has 0 saturated carbocycles. The number of anilines is 2. The fourth-order valence-corrected chi connectivity index (χ4v) is 6.09. The normalized spacial score (nSPS) is 22.1. The first-order valence-electron chi connectivity index (χ1n) is 13.8. The number of primary amides is 1. The van der Waals surface area contributed by atoms with Gasteiger partial charge in [0.1, 0.15) is 6.04 Å². The maximum atomic E-state index is 13.1. The molecule has 3 N–H and O–H groups in total. The fourth-order valence-electron chi connectivity index (χ4n) is 6.09. The highest BCUT2D eigenvalue weighted by Gasteiger charge is 2.30. The van der Waals surface area contributed by atoms with Crippen LogP contribution in [0.2, 0.25) is 0 Å². The third-order valence-electron chi connectivity index (χ3n) is 8.36. The molecule has 0 bridgehead atoms. The van der Waals surface area contributed by atoms with E-state index in [9.17, 15) is 19.2 Å². The summed E-state index contributed by atoms with van der Waals surface area (Å²) in [5.74, 6) is -0.610. The number of nitrogens with zero attached hydrogens (tertiary/aromatic N) is 5. The van der Waals surface area contributed by atoms with Crippen LogP contribution in [0.4, 0.5) is 11.4 Å². The Kier molecular flexibility index (Phi) is 6.97. The van der Waals surface area contributed by atoms with Gasteiger partial charge in [0, 0.05) is 74.6 Å². The fraction of sp³-hybridized carbons (Fsp3) is 0.414. The lowest BCUT2D eigenvalue weighted by atomic mass is 10.1. The van der Waals surface area contributed by atoms with Gasteiger partial charge >= 0.3 is 0 Å². The first-order valence-corrected chi connectivity index (χ1v) is 13.8. The van der Waals surface area contributed by atoms with Gasteiger partial charge in [0.25, 0.3) is 11.5 Å². The molecular weight excluding hydrogens is 510 g/mol. The van der Waals surface area contributed by atoms with E-state index in [1.54, 1.807) is 18.3 Å². The Balaban J connectivity index is 1.05. The van der Waals surface area contributed by atoms with E-state index in [0.717, 1.165) is 69.0 Å². The van der Waals surface area contributed by atoms with Crippen molar-refractivity contribution in [2.45, 2.75) is 25.3 Å². The van der Waals surface area contributed by atoms with Crippen molar-refractivity contribution in [3.8, 4) is 0 Å². The van der Waals surface area contributed by atoms with Crippen LogP contribution in [0.5, 0.6) is 0 Å². The zero-order valence-corrected chi connectivity index (χ0v) is 22.3. The predicted molar refractivity (Wildman–Crippen MR) is 151 cm³/mol. The molecule has 2 aromatic carbocycles. The number of benzene rings is 2. The zero-order chi connectivity index (χ0) is 27.8. The number of carbonyl (C=O) groups excluding carboxylic acids is 3. The number of fused-ring (bicyclic) bond motifs is 1. The number of hydrogen-bond donors (Lipinski definition) is 2. The summed E-state index contributed by atoms with van der Waals surface area (Å²) in [5, 5.41) is 7.82. The molecule has 0 radical (unpaired) electrons. The zero-order valence-electron chi connectivity index (χ0n) is 22.3. The molecule has 4 heterocycles. The largest absolute Gasteiger partial charge is 0.371 e. The van der Waals surface area contributed by atoms with Gasteiger partial charge in [-0.3, -0.25) is 29.4 Å². The molecular formula is C29H33N7O4. The van der Waals surface area contributed by atoms with Gasteiger partial charge in [-0.25, -0.2) is 4.68 Å². The SMILES string of the molecule is NC(=O)c1ccc(N2CCC(CN3CCN(c4ccc5c(=O)n([C@H]6CCC(=O)NC6=O)ncc5c4)CC3)C2)cc1. The van der Waals surface area contributed by atoms with Crippen molar-refractivity contribution in [3.05, 3.63) is 64.6 Å². The van der Waals surface area contributed by atoms with Crippen molar-refractivity contribution >= 4 is 39.9 Å². The Morgan fingerprint density at radius 1 is 0.925 bits per heavy atom. The van der Waals surface area contributed by atoms with E-state index in [-0.39, 0.29) is 24.3 Å². The average molecular weight is 544 g/mol. The summed E-state index contributed by atoms with van der Waals surface area (Å²) < 4.78 is 1.20. The summed E-state index contributed by atoms with van der Waals surface area (Å²) in [6.07, 6.45) is 3.24. The number of hydrogen-bond acceptors (Lipinski definition) is 8. The van der Waals surface area contributed by atoms with Crippen LogP contribution in [-0.4, -0.2) is 78.2 Å². The van der Waals surface area contributed by atoms with E-state index >= 15 is 0 Å². The van der Waals surface area contributed by atoms with Gasteiger partial charge in [-0.05, 0) is 61.2 Å². The topological polar surface area (TPSA) is 134 Å². The number of amides is 3. The molecule has 3 aliphatic heterocycles. The summed E-state index contributed by atoms with van der Waals surface area (Å²) in [4.78, 5) is 55.4. The number of rotatable bonds is 6. The van der Waals surface area contributed by atoms with E-state index in [2.05, 4.69) is 25.1 Å². The van der Waals surface area contributed by atoms with Crippen molar-refractivity contribution in [3.63, 3.8) is 0 Å². The van der Waals surface area contributed by atoms with Crippen LogP contribution in [0.15, 0.2) is 53.5 Å². The van der Waals surface area contributed by atoms with Crippen molar-refractivity contribution in [2.24, 2.45) is 11.7 Å². The molecule has 3 aliphatic rings. The molecule has 3 fully saturated rings. The molecule has 1 aromatic heterocycles. The Hall–Kier alpha value is -4.25. The molecule has 3 saturated heterocycles. The summed E-state index contributed by atoms with van der Waals surface area (Å²) >= 11 is 0. The number of nitrogens with one attached hydrogen (secondary N) is 1. The van der Waals surface area contributed by atoms with E-state index in [1.165, 1.54) is 4.68 Å². The van der Waals surface area contributed by atoms with Crippen LogP contribution in [0.25, 0.3) is 10.8 Å². The minimum absolute atomic E-state index is 0.193. The number of nitrogens with two attached hydrogens (primary N) is 1. The Morgan fingerprint density at radius 3 is 2.40 bits per heavy atom. The quantitative estimate of drug-likeness (QED) is 0.442. The Morgan fingerprint density at radius 2 is 1.68 bits per heavy atom. The van der Waals surface area contributed by atoms with Crippen molar-refractivity contribution in [2.75, 3.05) is 55.6 Å². The number of imide groups is 1. The molecule has 11 nitrogen and oxygen atoms in total. The Bertz CT molecular complexity index is 1510. The first kappa shape index (κ1) is 26.0. The van der Waals surface area contributed by atoms with Crippen LogP contribution >= 0.6 is 0 Å². The van der Waals surface area contributed by atoms with Crippen LogP contribution in [0.1, 0.15) is 35.7 Å². The minimum Gasteiger partial charge on any atom is -0.371 e. The molecule has 6 rings (SSSR count). The van der Waals surface area contributed by atoms with Crippen LogP contribution in [0, 0.1) is 5.92 Å². The summed E-state index contributed by atoms with van der Waals surface area (Å²) in [5.41, 5.74) is 7.76. The van der Waals surface area contributed by atoms with Gasteiger partial charge in [0.2, 0.25) is 11.8 Å². The van der Waals surface area contributed by atoms with Gasteiger partial charge in [-0.1, -0.05) is 0 Å². The van der Waals surface area contributed by atoms with Crippen molar-refractivity contribution in [1.82, 2.24) is 20.0 Å². The van der Waals surface area contributed by atoms with Crippen molar-refractivity contribution < 1.29 is 14.4 Å². The molecule has 0 spiro atoms. The smallest absolute Gasteiger partial charge is 0.275 e. The summed E-state index contributed by atoms with van der Waals surface area (Å²) in [7, 11) is 0. The maximum absolute atomic E-state index is 13.1. The standard InChI is InChI=1S/C29H33N7O4/c30-27(38)20-1-3-22(4-2-20)35-10-9-19(18-35)17-33-11-13-34(14-12-33)23-5-6-24-21(15-23)16-31-36(29(24)40)25-7-8-26(37)32-28(25)39/h1-6,15-16,19,25H,7-14,17-18H2,(H2,30,38)(H,32,37,39)/t19?,25-/m0/s1. The van der Waals surface area contributed by atoms with E-state index in [0.29, 0.717) is 16.9 Å². The summed E-state index contributed by atoms with van der Waals surface area (Å²) in [6.45, 7) is 6.81. The van der Waals surface area contributed by atoms with Gasteiger partial charge in [-0.2, -0.15) is 5.10 Å². The van der Waals surface area contributed by atoms with E-state index in [4.69, 9.17) is 5.73 Å². The second kappa shape index (κ2) is 10.7. The van der Waals surface area contributed by atoms with E-state index in [1.807, 2.05) is 30.3 Å². The molecule has 40 heavy (non-hydrogen) atoms.